The van der Waals surface area contributed by atoms with Gasteiger partial charge in [-0.05, 0) is 87.8 Å². The minimum absolute atomic E-state index is 0.489. The first kappa shape index (κ1) is 35.4. The molecule has 15 aromatic rings. The van der Waals surface area contributed by atoms with Gasteiger partial charge in [-0.15, -0.1) is 0 Å². The summed E-state index contributed by atoms with van der Waals surface area (Å²) in [5, 5.41) is 13.3. The first-order valence-electron chi connectivity index (χ1n) is 22.1. The Morgan fingerprint density at radius 2 is 0.818 bits per heavy atom. The number of furan rings is 3. The number of benzene rings is 10. The van der Waals surface area contributed by atoms with Crippen molar-refractivity contribution in [3.63, 3.8) is 0 Å². The fourth-order valence-electron chi connectivity index (χ4n) is 10.4. The van der Waals surface area contributed by atoms with Gasteiger partial charge in [-0.3, -0.25) is 4.57 Å². The highest BCUT2D eigenvalue weighted by molar-refractivity contribution is 6.24. The van der Waals surface area contributed by atoms with Crippen LogP contribution in [0.15, 0.2) is 207 Å². The van der Waals surface area contributed by atoms with Crippen LogP contribution in [0.4, 0.5) is 0 Å². The smallest absolute Gasteiger partial charge is 0.238 e. The van der Waals surface area contributed by atoms with Gasteiger partial charge in [0.05, 0.1) is 11.0 Å². The molecule has 7 heteroatoms. The molecule has 0 aliphatic heterocycles. The Morgan fingerprint density at radius 1 is 0.318 bits per heavy atom. The molecular formula is C59H32N4O3. The summed E-state index contributed by atoms with van der Waals surface area (Å²) in [5.74, 6) is 1.53. The van der Waals surface area contributed by atoms with Crippen LogP contribution in [-0.4, -0.2) is 19.5 Å². The third-order valence-corrected chi connectivity index (χ3v) is 13.4. The quantitative estimate of drug-likeness (QED) is 0.175. The van der Waals surface area contributed by atoms with E-state index in [2.05, 4.69) is 150 Å². The van der Waals surface area contributed by atoms with Crippen molar-refractivity contribution < 1.29 is 13.3 Å². The van der Waals surface area contributed by atoms with Gasteiger partial charge in [-0.1, -0.05) is 133 Å². The van der Waals surface area contributed by atoms with Crippen LogP contribution >= 0.6 is 0 Å². The molecular weight excluding hydrogens is 813 g/mol. The molecule has 5 heterocycles. The van der Waals surface area contributed by atoms with Crippen LogP contribution in [0.5, 0.6) is 0 Å². The summed E-state index contributed by atoms with van der Waals surface area (Å²) in [6.45, 7) is 0. The number of hydrogen-bond donors (Lipinski definition) is 0. The molecule has 306 valence electrons. The van der Waals surface area contributed by atoms with Crippen molar-refractivity contribution in [2.75, 3.05) is 0 Å². The lowest BCUT2D eigenvalue weighted by Crippen LogP contribution is -2.07. The first-order chi connectivity index (χ1) is 32.7. The molecule has 7 nitrogen and oxygen atoms in total. The number of hydrogen-bond acceptors (Lipinski definition) is 6. The number of fused-ring (bicyclic) bond motifs is 16. The standard InChI is InChI=1S/C59H32N4O3/c1-3-12-38-33(10-1)23-28-47-54(38)46-17-9-16-40(35-20-27-45-53(30-35)66-50-29-24-34-11-2-4-13-39(34)55(45)50)56(46)63(47)59-61-57(36-21-25-43-41-14-5-7-18-48(41)64-51(43)31-36)60-58(62-59)37-22-26-44-42-15-6-8-19-49(42)65-52(44)32-37/h1-32H. The summed E-state index contributed by atoms with van der Waals surface area (Å²) in [7, 11) is 0. The minimum Gasteiger partial charge on any atom is -0.456 e. The summed E-state index contributed by atoms with van der Waals surface area (Å²) < 4.78 is 21.7. The Hall–Kier alpha value is -9.07. The minimum atomic E-state index is 0.489. The van der Waals surface area contributed by atoms with Crippen LogP contribution in [0.2, 0.25) is 0 Å². The third-order valence-electron chi connectivity index (χ3n) is 13.4. The Balaban J connectivity index is 1.02. The predicted octanol–water partition coefficient (Wildman–Crippen LogP) is 16.0. The molecule has 0 aliphatic rings. The van der Waals surface area contributed by atoms with E-state index >= 15 is 0 Å². The van der Waals surface area contributed by atoms with Gasteiger partial charge >= 0.3 is 0 Å². The van der Waals surface area contributed by atoms with E-state index in [9.17, 15) is 0 Å². The number of para-hydroxylation sites is 3. The summed E-state index contributed by atoms with van der Waals surface area (Å²) in [4.78, 5) is 16.1. The second-order valence-corrected chi connectivity index (χ2v) is 17.1. The summed E-state index contributed by atoms with van der Waals surface area (Å²) >= 11 is 0. The molecule has 0 bridgehead atoms. The average molecular weight is 845 g/mol. The van der Waals surface area contributed by atoms with Crippen molar-refractivity contribution in [2.45, 2.75) is 0 Å². The lowest BCUT2D eigenvalue weighted by Gasteiger charge is -2.13. The van der Waals surface area contributed by atoms with Crippen LogP contribution in [0.3, 0.4) is 0 Å². The highest BCUT2D eigenvalue weighted by Gasteiger charge is 2.23. The van der Waals surface area contributed by atoms with Crippen molar-refractivity contribution in [3.05, 3.63) is 194 Å². The lowest BCUT2D eigenvalue weighted by atomic mass is 9.98. The van der Waals surface area contributed by atoms with E-state index in [1.165, 1.54) is 10.8 Å². The van der Waals surface area contributed by atoms with Crippen LogP contribution in [0.1, 0.15) is 0 Å². The number of nitrogens with zero attached hydrogens (tertiary/aromatic N) is 4. The molecule has 0 aliphatic carbocycles. The highest BCUT2D eigenvalue weighted by atomic mass is 16.3. The molecule has 0 spiro atoms. The first-order valence-corrected chi connectivity index (χ1v) is 22.1. The zero-order valence-electron chi connectivity index (χ0n) is 35.0. The Kier molecular flexibility index (Phi) is 7.10. The summed E-state index contributed by atoms with van der Waals surface area (Å²) in [6.07, 6.45) is 0. The van der Waals surface area contributed by atoms with E-state index in [0.29, 0.717) is 17.6 Å². The lowest BCUT2D eigenvalue weighted by molar-refractivity contribution is 0.668. The van der Waals surface area contributed by atoms with Gasteiger partial charge in [0.25, 0.3) is 0 Å². The maximum atomic E-state index is 6.64. The molecule has 0 saturated carbocycles. The zero-order chi connectivity index (χ0) is 43.0. The monoisotopic (exact) mass is 844 g/mol. The van der Waals surface area contributed by atoms with Gasteiger partial charge in [0.1, 0.15) is 33.5 Å². The van der Waals surface area contributed by atoms with E-state index in [-0.39, 0.29) is 0 Å². The summed E-state index contributed by atoms with van der Waals surface area (Å²) in [5.41, 5.74) is 10.5. The molecule has 0 radical (unpaired) electrons. The van der Waals surface area contributed by atoms with Crippen LogP contribution in [-0.2, 0) is 0 Å². The molecule has 66 heavy (non-hydrogen) atoms. The zero-order valence-corrected chi connectivity index (χ0v) is 35.0. The van der Waals surface area contributed by atoms with Crippen molar-refractivity contribution in [3.8, 4) is 39.9 Å². The topological polar surface area (TPSA) is 83.0 Å². The van der Waals surface area contributed by atoms with E-state index in [0.717, 1.165) is 121 Å². The van der Waals surface area contributed by atoms with Crippen molar-refractivity contribution in [1.29, 1.82) is 0 Å². The molecule has 0 unspecified atom stereocenters. The maximum Gasteiger partial charge on any atom is 0.238 e. The van der Waals surface area contributed by atoms with Gasteiger partial charge in [0.15, 0.2) is 11.6 Å². The Labute approximate surface area is 374 Å². The van der Waals surface area contributed by atoms with Gasteiger partial charge < -0.3 is 13.3 Å². The molecule has 15 rings (SSSR count). The molecule has 0 atom stereocenters. The highest BCUT2D eigenvalue weighted by Crippen LogP contribution is 2.43. The van der Waals surface area contributed by atoms with Crippen molar-refractivity contribution in [2.24, 2.45) is 0 Å². The maximum absolute atomic E-state index is 6.64. The Morgan fingerprint density at radius 3 is 1.50 bits per heavy atom. The largest absolute Gasteiger partial charge is 0.456 e. The van der Waals surface area contributed by atoms with Gasteiger partial charge in [-0.2, -0.15) is 9.97 Å². The second kappa shape index (κ2) is 13.2. The normalized spacial score (nSPS) is 12.2. The van der Waals surface area contributed by atoms with E-state index in [1.54, 1.807) is 0 Å². The van der Waals surface area contributed by atoms with Crippen molar-refractivity contribution in [1.82, 2.24) is 19.5 Å². The third kappa shape index (κ3) is 5.05. The van der Waals surface area contributed by atoms with Crippen LogP contribution < -0.4 is 0 Å². The van der Waals surface area contributed by atoms with Crippen LogP contribution in [0.25, 0.3) is 149 Å². The van der Waals surface area contributed by atoms with Crippen LogP contribution in [0, 0.1) is 0 Å². The van der Waals surface area contributed by atoms with Crippen molar-refractivity contribution >= 4 is 109 Å². The Bertz CT molecular complexity index is 4420. The second-order valence-electron chi connectivity index (χ2n) is 17.1. The summed E-state index contributed by atoms with van der Waals surface area (Å²) in [6, 6.07) is 67.4. The molecule has 5 aromatic heterocycles. The average Bonchev–Trinajstić information content (AvgIpc) is 4.14. The van der Waals surface area contributed by atoms with Gasteiger partial charge in [0.2, 0.25) is 5.95 Å². The molecule has 0 amide bonds. The molecule has 10 aromatic carbocycles. The van der Waals surface area contributed by atoms with Gasteiger partial charge in [0, 0.05) is 59.8 Å². The SMILES string of the molecule is c1ccc2c(c1)ccc1oc3cc(-c4cccc5c6c7ccccc7ccc6n(-c6nc(-c7ccc8c(c7)oc7ccccc78)nc(-c7ccc8c(c7)oc7ccccc78)n6)c45)ccc3c12. The fourth-order valence-corrected chi connectivity index (χ4v) is 10.4. The number of aromatic nitrogens is 4. The van der Waals surface area contributed by atoms with E-state index < -0.39 is 0 Å². The molecule has 0 fully saturated rings. The molecule has 0 saturated heterocycles. The predicted molar refractivity (Wildman–Crippen MR) is 267 cm³/mol. The molecule has 0 N–H and O–H groups in total. The van der Waals surface area contributed by atoms with Gasteiger partial charge in [-0.25, -0.2) is 4.98 Å². The number of rotatable bonds is 4. The fraction of sp³-hybridized carbons (Fsp3) is 0. The van der Waals surface area contributed by atoms with E-state index in [4.69, 9.17) is 28.2 Å². The van der Waals surface area contributed by atoms with E-state index in [1.807, 2.05) is 48.5 Å².